The predicted octanol–water partition coefficient (Wildman–Crippen LogP) is 3.99. The number of aromatic nitrogens is 1. The lowest BCUT2D eigenvalue weighted by molar-refractivity contribution is 0.171. The molecule has 0 aromatic carbocycles. The second kappa shape index (κ2) is 5.81. The summed E-state index contributed by atoms with van der Waals surface area (Å²) in [6.07, 6.45) is 6.96. The van der Waals surface area contributed by atoms with Crippen LogP contribution in [0.4, 0.5) is 11.5 Å². The van der Waals surface area contributed by atoms with Gasteiger partial charge in [0.25, 0.3) is 0 Å². The largest absolute Gasteiger partial charge is 0.397 e. The normalized spacial score (nSPS) is 17.4. The van der Waals surface area contributed by atoms with Crippen LogP contribution >= 0.6 is 0 Å². The Bertz CT molecular complexity index is 420. The van der Waals surface area contributed by atoms with E-state index in [-0.39, 0.29) is 0 Å². The molecule has 1 aromatic heterocycles. The van der Waals surface area contributed by atoms with Gasteiger partial charge in [-0.25, -0.2) is 4.98 Å². The average molecular weight is 261 g/mol. The molecular weight excluding hydrogens is 234 g/mol. The molecule has 1 heterocycles. The zero-order chi connectivity index (χ0) is 13.9. The van der Waals surface area contributed by atoms with Crippen molar-refractivity contribution in [3.8, 4) is 0 Å². The smallest absolute Gasteiger partial charge is 0.126 e. The van der Waals surface area contributed by atoms with Crippen molar-refractivity contribution in [2.75, 3.05) is 17.6 Å². The van der Waals surface area contributed by atoms with E-state index >= 15 is 0 Å². The Morgan fingerprint density at radius 1 is 1.26 bits per heavy atom. The molecule has 1 fully saturated rings. The molecule has 1 aromatic rings. The van der Waals surface area contributed by atoms with Gasteiger partial charge in [0.05, 0.1) is 11.4 Å². The number of nitrogens with two attached hydrogens (primary N) is 1. The fraction of sp³-hybridized carbons (Fsp3) is 0.688. The van der Waals surface area contributed by atoms with Gasteiger partial charge in [-0.3, -0.25) is 0 Å². The highest BCUT2D eigenvalue weighted by Gasteiger charge is 2.30. The molecule has 0 unspecified atom stereocenters. The first kappa shape index (κ1) is 14.2. The molecule has 0 atom stereocenters. The maximum atomic E-state index is 5.80. The van der Waals surface area contributed by atoms with Gasteiger partial charge >= 0.3 is 0 Å². The summed E-state index contributed by atoms with van der Waals surface area (Å²) in [4.78, 5) is 4.48. The topological polar surface area (TPSA) is 50.9 Å². The highest BCUT2D eigenvalue weighted by atomic mass is 15.0. The van der Waals surface area contributed by atoms with E-state index < -0.39 is 0 Å². The Hall–Kier alpha value is -1.25. The summed E-state index contributed by atoms with van der Waals surface area (Å²) in [7, 11) is 0. The predicted molar refractivity (Wildman–Crippen MR) is 82.2 cm³/mol. The van der Waals surface area contributed by atoms with Gasteiger partial charge in [0.2, 0.25) is 0 Å². The van der Waals surface area contributed by atoms with Crippen molar-refractivity contribution in [2.45, 2.75) is 52.9 Å². The second-order valence-electron chi connectivity index (χ2n) is 6.55. The van der Waals surface area contributed by atoms with Crippen LogP contribution in [0.2, 0.25) is 0 Å². The van der Waals surface area contributed by atoms with Gasteiger partial charge in [0.15, 0.2) is 0 Å². The van der Waals surface area contributed by atoms with Gasteiger partial charge in [-0.1, -0.05) is 33.1 Å². The minimum atomic E-state index is 0.331. The maximum absolute atomic E-state index is 5.80. The zero-order valence-corrected chi connectivity index (χ0v) is 12.5. The molecule has 3 N–H and O–H groups in total. The molecule has 1 saturated carbocycles. The van der Waals surface area contributed by atoms with Crippen molar-refractivity contribution in [3.63, 3.8) is 0 Å². The summed E-state index contributed by atoms with van der Waals surface area (Å²) in [6.45, 7) is 7.68. The third-order valence-corrected chi connectivity index (χ3v) is 4.56. The van der Waals surface area contributed by atoms with E-state index in [9.17, 15) is 0 Å². The number of anilines is 2. The number of nitrogen functional groups attached to an aromatic ring is 1. The molecular formula is C16H27N3. The number of rotatable bonds is 4. The third-order valence-electron chi connectivity index (χ3n) is 4.56. The number of hydrogen-bond acceptors (Lipinski definition) is 3. The molecule has 19 heavy (non-hydrogen) atoms. The quantitative estimate of drug-likeness (QED) is 0.861. The summed E-state index contributed by atoms with van der Waals surface area (Å²) in [5, 5.41) is 3.48. The molecule has 2 rings (SSSR count). The molecule has 3 heteroatoms. The lowest BCUT2D eigenvalue weighted by atomic mass is 9.71. The Morgan fingerprint density at radius 3 is 2.58 bits per heavy atom. The second-order valence-corrected chi connectivity index (χ2v) is 6.55. The summed E-state index contributed by atoms with van der Waals surface area (Å²) < 4.78 is 0. The van der Waals surface area contributed by atoms with Crippen molar-refractivity contribution < 1.29 is 0 Å². The van der Waals surface area contributed by atoms with Crippen LogP contribution in [0.25, 0.3) is 0 Å². The standard InChI is InChI=1S/C16H27N3/c1-12-14(17)9-10-15(19-12)18-11-16(2,3)13-7-5-4-6-8-13/h9-10,13H,4-8,11,17H2,1-3H3,(H,18,19). The molecule has 0 bridgehead atoms. The van der Waals surface area contributed by atoms with Crippen LogP contribution < -0.4 is 11.1 Å². The Balaban J connectivity index is 1.94. The average Bonchev–Trinajstić information content (AvgIpc) is 2.41. The highest BCUT2D eigenvalue weighted by Crippen LogP contribution is 2.38. The monoisotopic (exact) mass is 261 g/mol. The van der Waals surface area contributed by atoms with Crippen molar-refractivity contribution in [2.24, 2.45) is 11.3 Å². The maximum Gasteiger partial charge on any atom is 0.126 e. The lowest BCUT2D eigenvalue weighted by Crippen LogP contribution is -2.33. The van der Waals surface area contributed by atoms with Crippen LogP contribution in [0.3, 0.4) is 0 Å². The third kappa shape index (κ3) is 3.62. The summed E-state index contributed by atoms with van der Waals surface area (Å²) in [6, 6.07) is 3.90. The van der Waals surface area contributed by atoms with Crippen molar-refractivity contribution >= 4 is 11.5 Å². The van der Waals surface area contributed by atoms with E-state index in [1.807, 2.05) is 19.1 Å². The van der Waals surface area contributed by atoms with E-state index in [2.05, 4.69) is 24.1 Å². The van der Waals surface area contributed by atoms with Crippen LogP contribution in [0.5, 0.6) is 0 Å². The van der Waals surface area contributed by atoms with Crippen molar-refractivity contribution in [1.29, 1.82) is 0 Å². The number of pyridine rings is 1. The lowest BCUT2D eigenvalue weighted by Gasteiger charge is -2.37. The molecule has 0 radical (unpaired) electrons. The molecule has 106 valence electrons. The molecule has 0 aliphatic heterocycles. The minimum Gasteiger partial charge on any atom is -0.397 e. The summed E-state index contributed by atoms with van der Waals surface area (Å²) >= 11 is 0. The van der Waals surface area contributed by atoms with E-state index in [1.54, 1.807) is 0 Å². The number of hydrogen-bond donors (Lipinski definition) is 2. The van der Waals surface area contributed by atoms with Gasteiger partial charge in [-0.05, 0) is 43.2 Å². The Morgan fingerprint density at radius 2 is 1.95 bits per heavy atom. The summed E-state index contributed by atoms with van der Waals surface area (Å²) in [5.74, 6) is 1.78. The Kier molecular flexibility index (Phi) is 4.33. The van der Waals surface area contributed by atoms with Gasteiger partial charge in [-0.15, -0.1) is 0 Å². The first-order chi connectivity index (χ1) is 8.99. The van der Waals surface area contributed by atoms with Gasteiger partial charge < -0.3 is 11.1 Å². The molecule has 1 aliphatic rings. The van der Waals surface area contributed by atoms with E-state index in [0.29, 0.717) is 5.41 Å². The first-order valence-electron chi connectivity index (χ1n) is 7.46. The minimum absolute atomic E-state index is 0.331. The number of aryl methyl sites for hydroxylation is 1. The molecule has 0 saturated heterocycles. The SMILES string of the molecule is Cc1nc(NCC(C)(C)C2CCCCC2)ccc1N. The van der Waals surface area contributed by atoms with Crippen molar-refractivity contribution in [3.05, 3.63) is 17.8 Å². The zero-order valence-electron chi connectivity index (χ0n) is 12.5. The van der Waals surface area contributed by atoms with E-state index in [4.69, 9.17) is 5.73 Å². The highest BCUT2D eigenvalue weighted by molar-refractivity contribution is 5.49. The fourth-order valence-corrected chi connectivity index (χ4v) is 3.02. The Labute approximate surface area is 117 Å². The number of nitrogens with one attached hydrogen (secondary N) is 1. The van der Waals surface area contributed by atoms with Crippen LogP contribution in [0, 0.1) is 18.3 Å². The van der Waals surface area contributed by atoms with E-state index in [0.717, 1.165) is 29.7 Å². The fourth-order valence-electron chi connectivity index (χ4n) is 3.02. The van der Waals surface area contributed by atoms with Crippen molar-refractivity contribution in [1.82, 2.24) is 4.98 Å². The van der Waals surface area contributed by atoms with Crippen LogP contribution in [-0.2, 0) is 0 Å². The van der Waals surface area contributed by atoms with Gasteiger partial charge in [0.1, 0.15) is 5.82 Å². The van der Waals surface area contributed by atoms with Gasteiger partial charge in [0, 0.05) is 6.54 Å². The number of nitrogens with zero attached hydrogens (tertiary/aromatic N) is 1. The van der Waals surface area contributed by atoms with E-state index in [1.165, 1.54) is 32.1 Å². The molecule has 1 aliphatic carbocycles. The van der Waals surface area contributed by atoms with Crippen LogP contribution in [0.1, 0.15) is 51.6 Å². The van der Waals surface area contributed by atoms with Crippen LogP contribution in [-0.4, -0.2) is 11.5 Å². The molecule has 0 spiro atoms. The summed E-state index contributed by atoms with van der Waals surface area (Å²) in [5.41, 5.74) is 7.79. The molecule has 3 nitrogen and oxygen atoms in total. The molecule has 0 amide bonds. The van der Waals surface area contributed by atoms with Gasteiger partial charge in [-0.2, -0.15) is 0 Å². The van der Waals surface area contributed by atoms with Crippen LogP contribution in [0.15, 0.2) is 12.1 Å². The first-order valence-corrected chi connectivity index (χ1v) is 7.46.